The van der Waals surface area contributed by atoms with Crippen LogP contribution in [0.25, 0.3) is 0 Å². The lowest BCUT2D eigenvalue weighted by Crippen LogP contribution is -2.45. The second-order valence-electron chi connectivity index (χ2n) is 37.6. The highest BCUT2D eigenvalue weighted by atomic mass is 33.1. The van der Waals surface area contributed by atoms with Gasteiger partial charge in [0.15, 0.2) is 11.2 Å². The molecule has 38 heteroatoms. The van der Waals surface area contributed by atoms with Crippen LogP contribution in [0.4, 0.5) is 26.3 Å². The number of fused-ring (bicyclic) bond motifs is 10. The zero-order chi connectivity index (χ0) is 90.4. The van der Waals surface area contributed by atoms with E-state index in [1.807, 2.05) is 32.4 Å². The molecule has 2 aromatic carbocycles. The van der Waals surface area contributed by atoms with Gasteiger partial charge in [-0.2, -0.15) is 26.3 Å². The Balaban J connectivity index is 0.637. The average Bonchev–Trinajstić information content (AvgIpc) is 1.66. The number of rotatable bonds is 60. The summed E-state index contributed by atoms with van der Waals surface area (Å²) in [6.45, 7) is 21.1. The van der Waals surface area contributed by atoms with Gasteiger partial charge in [0.05, 0.1) is 38.6 Å². The SMILES string of the molecule is COP(=O)(O)OCC(CCCCCCSSC(C)(C)CCN(C)CCOc1ccc2c(c1)CCC1C2CCC2(C)C(OCCCOC(C)(C)C(F)(F)F)CCC12)COP(=O)(O)OOP(=O)(O)OCC(CCCCCCSSC(C)(C)CCN(C)CCOc1ccc2c(c1)CCC1C2CCC2(C)C(OCCCOC(C)(C)C(F)(F)F)CCC12)COP(=O)(O)O. The first-order chi connectivity index (χ1) is 57.6. The molecule has 0 saturated heterocycles. The molecule has 4 fully saturated rings. The number of phosphoric ester groups is 4. The fraction of sp³-hybridized carbons (Fsp3) is 0.859. The molecule has 8 rings (SSSR count). The van der Waals surface area contributed by atoms with Crippen LogP contribution in [0.15, 0.2) is 36.4 Å². The summed E-state index contributed by atoms with van der Waals surface area (Å²) in [5.41, 5.74) is 1.39. The molecule has 0 heterocycles. The Morgan fingerprint density at radius 2 is 0.854 bits per heavy atom. The van der Waals surface area contributed by atoms with E-state index in [0.29, 0.717) is 94.0 Å². The lowest BCUT2D eigenvalue weighted by atomic mass is 9.55. The van der Waals surface area contributed by atoms with E-state index in [2.05, 4.69) is 116 Å². The monoisotopic (exact) mass is 1910 g/mol. The van der Waals surface area contributed by atoms with E-state index in [1.165, 1.54) is 22.3 Å². The molecule has 0 amide bonds. The molecule has 15 unspecified atom stereocenters. The lowest BCUT2D eigenvalue weighted by Gasteiger charge is -2.50. The van der Waals surface area contributed by atoms with Crippen LogP contribution < -0.4 is 9.47 Å². The van der Waals surface area contributed by atoms with Crippen molar-refractivity contribution in [2.75, 3.05) is 125 Å². The molecule has 0 aliphatic heterocycles. The van der Waals surface area contributed by atoms with Gasteiger partial charge in [0, 0.05) is 79.5 Å². The van der Waals surface area contributed by atoms with Gasteiger partial charge < -0.3 is 62.7 Å². The minimum Gasteiger partial charge on any atom is -0.492 e. The fourth-order valence-electron chi connectivity index (χ4n) is 18.7. The van der Waals surface area contributed by atoms with Crippen LogP contribution in [0.2, 0.25) is 0 Å². The molecule has 712 valence electrons. The van der Waals surface area contributed by atoms with Crippen molar-refractivity contribution >= 4 is 74.5 Å². The Bertz CT molecular complexity index is 3730. The summed E-state index contributed by atoms with van der Waals surface area (Å²) in [4.78, 5) is 54.4. The van der Waals surface area contributed by atoms with E-state index in [-0.39, 0.29) is 52.2 Å². The quantitative estimate of drug-likeness (QED) is 0.0103. The summed E-state index contributed by atoms with van der Waals surface area (Å²) in [5.74, 6) is 5.33. The van der Waals surface area contributed by atoms with Crippen LogP contribution in [-0.4, -0.2) is 204 Å². The molecule has 0 aromatic heterocycles. The second-order valence-corrected chi connectivity index (χ2v) is 49.4. The highest BCUT2D eigenvalue weighted by Crippen LogP contribution is 2.64. The number of halogens is 6. The largest absolute Gasteiger partial charge is 0.499 e. The van der Waals surface area contributed by atoms with Crippen LogP contribution >= 0.6 is 74.5 Å². The van der Waals surface area contributed by atoms with Crippen molar-refractivity contribution in [3.05, 3.63) is 58.7 Å². The summed E-state index contributed by atoms with van der Waals surface area (Å²) in [6, 6.07) is 13.3. The first kappa shape index (κ1) is 108. The summed E-state index contributed by atoms with van der Waals surface area (Å²) < 4.78 is 199. The van der Waals surface area contributed by atoms with Gasteiger partial charge in [-0.15, -0.1) is 9.35 Å². The van der Waals surface area contributed by atoms with Crippen molar-refractivity contribution in [2.24, 2.45) is 46.3 Å². The number of likely N-dealkylation sites (N-methyl/N-ethyl adjacent to an activating group) is 2. The van der Waals surface area contributed by atoms with Crippen molar-refractivity contribution in [1.82, 2.24) is 9.80 Å². The smallest absolute Gasteiger partial charge is 0.492 e. The van der Waals surface area contributed by atoms with Gasteiger partial charge in [0.25, 0.3) is 0 Å². The van der Waals surface area contributed by atoms with Crippen molar-refractivity contribution in [3.8, 4) is 11.5 Å². The number of alkyl halides is 6. The molecule has 2 aromatic rings. The number of ether oxygens (including phenoxy) is 6. The first-order valence-corrected chi connectivity index (χ1v) is 54.9. The summed E-state index contributed by atoms with van der Waals surface area (Å²) in [5, 5.41) is 0. The lowest BCUT2D eigenvalue weighted by molar-refractivity contribution is -0.264. The third kappa shape index (κ3) is 34.6. The normalized spacial score (nSPS) is 25.3. The molecule has 0 bridgehead atoms. The Hall–Kier alpha value is -0.780. The number of unbranched alkanes of at least 4 members (excludes halogenated alkanes) is 6. The van der Waals surface area contributed by atoms with Gasteiger partial charge in [-0.25, -0.2) is 18.3 Å². The zero-order valence-electron chi connectivity index (χ0n) is 74.7. The first-order valence-electron chi connectivity index (χ1n) is 44.2. The Morgan fingerprint density at radius 1 is 0.472 bits per heavy atom. The van der Waals surface area contributed by atoms with E-state index in [0.717, 1.165) is 212 Å². The number of hydrogen-bond acceptors (Lipinski definition) is 23. The minimum absolute atomic E-state index is 0.000256. The molecular weight excluding hydrogens is 1770 g/mol. The van der Waals surface area contributed by atoms with Gasteiger partial charge in [-0.1, -0.05) is 108 Å². The van der Waals surface area contributed by atoms with Crippen molar-refractivity contribution < 1.29 is 129 Å². The van der Waals surface area contributed by atoms with Crippen molar-refractivity contribution in [3.63, 3.8) is 0 Å². The third-order valence-corrected chi connectivity index (χ3v) is 36.4. The Morgan fingerprint density at radius 3 is 1.24 bits per heavy atom. The maximum atomic E-state index is 13.3. The van der Waals surface area contributed by atoms with E-state index in [9.17, 15) is 69.1 Å². The van der Waals surface area contributed by atoms with Crippen LogP contribution in [-0.2, 0) is 82.0 Å². The maximum absolute atomic E-state index is 13.3. The van der Waals surface area contributed by atoms with Gasteiger partial charge in [0.1, 0.15) is 24.7 Å². The fourth-order valence-corrected chi connectivity index (χ4v) is 26.6. The zero-order valence-corrected chi connectivity index (χ0v) is 81.5. The molecule has 123 heavy (non-hydrogen) atoms. The number of nitrogens with zero attached hydrogens (tertiary/aromatic N) is 2. The van der Waals surface area contributed by atoms with Crippen LogP contribution in [0.3, 0.4) is 0 Å². The standard InChI is InChI=1S/C85H144F6N2O22P4S4/c1-78(2,42-44-92(11)46-52-104-66-28-32-68-64(56-66)26-30-72-70(68)38-40-82(9)74(72)34-36-76(82)106-48-22-50-108-80(5,6)84(86,87)88)122-120-54-20-16-14-18-24-62(58-110-116(94,95)96)60-112-118(99,100)114-115-119(101,102)113-61-63(59-111-117(97,98)103-13)25-19-15-17-21-55-121-123-79(3,4)43-45-93(12)47-53-105-67-29-33-69-65(57-67)27-31-73-71(69)39-41-83(10)75(73)35-37-77(83)107-49-23-51-109-81(7,8)85(89,90)91/h28-29,32-33,56-57,62-63,70-77H,14-27,30-31,34-55,58-61H2,1-13H3,(H,97,98)(H,99,100)(H,101,102)(H2,94,95,96). The molecular formula is C85H144F6N2O22P4S4. The average molecular weight is 1910 g/mol. The van der Waals surface area contributed by atoms with E-state index in [4.69, 9.17) is 46.5 Å². The second kappa shape index (κ2) is 48.4. The topological polar surface area (TPSA) is 296 Å². The summed E-state index contributed by atoms with van der Waals surface area (Å²) in [7, 11) is -7.34. The predicted molar refractivity (Wildman–Crippen MR) is 474 cm³/mol. The van der Waals surface area contributed by atoms with Gasteiger partial charge >= 0.3 is 43.6 Å². The van der Waals surface area contributed by atoms with Crippen molar-refractivity contribution in [1.29, 1.82) is 0 Å². The minimum atomic E-state index is -5.24. The van der Waals surface area contributed by atoms with E-state index < -0.39 is 93.1 Å². The van der Waals surface area contributed by atoms with Crippen LogP contribution in [0.5, 0.6) is 11.5 Å². The number of phosphoric acid groups is 4. The molecule has 6 aliphatic carbocycles. The van der Waals surface area contributed by atoms with E-state index in [1.54, 1.807) is 10.8 Å². The maximum Gasteiger partial charge on any atom is 0.499 e. The van der Waals surface area contributed by atoms with Gasteiger partial charge in [-0.3, -0.25) is 22.6 Å². The van der Waals surface area contributed by atoms with Crippen molar-refractivity contribution in [2.45, 2.75) is 293 Å². The molecule has 4 saturated carbocycles. The summed E-state index contributed by atoms with van der Waals surface area (Å²) >= 11 is 0. The molecule has 6 aliphatic rings. The Labute approximate surface area is 743 Å². The highest BCUT2D eigenvalue weighted by molar-refractivity contribution is 8.77. The molecule has 5 N–H and O–H groups in total. The predicted octanol–water partition coefficient (Wildman–Crippen LogP) is 22.3. The third-order valence-electron chi connectivity index (χ3n) is 26.5. The van der Waals surface area contributed by atoms with Crippen LogP contribution in [0, 0.1) is 46.3 Å². The molecule has 0 radical (unpaired) electrons. The van der Waals surface area contributed by atoms with Crippen LogP contribution in [0.1, 0.15) is 257 Å². The number of benzene rings is 2. The molecule has 24 nitrogen and oxygen atoms in total. The highest BCUT2D eigenvalue weighted by Gasteiger charge is 2.58. The number of aryl methyl sites for hydroxylation is 2. The Kier molecular flexibility index (Phi) is 42.3. The van der Waals surface area contributed by atoms with E-state index >= 15 is 0 Å². The molecule has 0 spiro atoms. The van der Waals surface area contributed by atoms with Gasteiger partial charge in [-0.05, 0) is 304 Å². The van der Waals surface area contributed by atoms with Gasteiger partial charge in [0.2, 0.25) is 0 Å². The summed E-state index contributed by atoms with van der Waals surface area (Å²) in [6.07, 6.45) is 13.7. The number of hydrogen-bond donors (Lipinski definition) is 5. The molecule has 15 atom stereocenters.